The highest BCUT2D eigenvalue weighted by atomic mass is 16.5. The molecule has 26 heavy (non-hydrogen) atoms. The Morgan fingerprint density at radius 3 is 2.35 bits per heavy atom. The van der Waals surface area contributed by atoms with Crippen molar-refractivity contribution in [3.8, 4) is 11.5 Å². The average molecular weight is 357 g/mol. The number of carbonyl (C=O) groups excluding carboxylic acids is 1. The molecule has 0 spiro atoms. The SMILES string of the molecule is COc1ccc(C(CC(=O)O)NC(=O)c2cc(C)ccc2C)cc1OC. The summed E-state index contributed by atoms with van der Waals surface area (Å²) < 4.78 is 10.5. The van der Waals surface area contributed by atoms with Gasteiger partial charge in [0.05, 0.1) is 26.7 Å². The molecule has 0 aliphatic heterocycles. The van der Waals surface area contributed by atoms with Gasteiger partial charge in [-0.15, -0.1) is 0 Å². The second-order valence-electron chi connectivity index (χ2n) is 6.06. The molecule has 0 saturated heterocycles. The maximum Gasteiger partial charge on any atom is 0.305 e. The molecule has 138 valence electrons. The van der Waals surface area contributed by atoms with Gasteiger partial charge in [0.2, 0.25) is 0 Å². The van der Waals surface area contributed by atoms with E-state index in [4.69, 9.17) is 9.47 Å². The Labute approximate surface area is 152 Å². The number of amides is 1. The molecule has 0 bridgehead atoms. The number of aryl methyl sites for hydroxylation is 2. The van der Waals surface area contributed by atoms with E-state index in [9.17, 15) is 14.7 Å². The van der Waals surface area contributed by atoms with Gasteiger partial charge in [0.25, 0.3) is 5.91 Å². The van der Waals surface area contributed by atoms with Gasteiger partial charge < -0.3 is 19.9 Å². The van der Waals surface area contributed by atoms with Crippen LogP contribution in [0.2, 0.25) is 0 Å². The lowest BCUT2D eigenvalue weighted by atomic mass is 10.0. The molecule has 1 amide bonds. The molecule has 0 heterocycles. The summed E-state index contributed by atoms with van der Waals surface area (Å²) in [4.78, 5) is 24.0. The average Bonchev–Trinajstić information content (AvgIpc) is 2.62. The minimum Gasteiger partial charge on any atom is -0.493 e. The van der Waals surface area contributed by atoms with Crippen LogP contribution in [-0.2, 0) is 4.79 Å². The number of aliphatic carboxylic acids is 1. The quantitative estimate of drug-likeness (QED) is 0.794. The fourth-order valence-electron chi connectivity index (χ4n) is 2.71. The zero-order chi connectivity index (χ0) is 19.3. The number of hydrogen-bond donors (Lipinski definition) is 2. The van der Waals surface area contributed by atoms with Gasteiger partial charge in [0, 0.05) is 5.56 Å². The summed E-state index contributed by atoms with van der Waals surface area (Å²) in [5.41, 5.74) is 2.95. The van der Waals surface area contributed by atoms with E-state index in [1.54, 1.807) is 24.3 Å². The third kappa shape index (κ3) is 4.53. The summed E-state index contributed by atoms with van der Waals surface area (Å²) in [6, 6.07) is 9.97. The molecule has 0 aliphatic rings. The summed E-state index contributed by atoms with van der Waals surface area (Å²) in [6.07, 6.45) is -0.244. The van der Waals surface area contributed by atoms with Crippen LogP contribution in [0.25, 0.3) is 0 Å². The first-order chi connectivity index (χ1) is 12.3. The maximum atomic E-state index is 12.7. The topological polar surface area (TPSA) is 84.9 Å². The summed E-state index contributed by atoms with van der Waals surface area (Å²) in [5, 5.41) is 12.1. The van der Waals surface area contributed by atoms with Gasteiger partial charge >= 0.3 is 5.97 Å². The Kier molecular flexibility index (Phi) is 6.22. The van der Waals surface area contributed by atoms with Crippen LogP contribution in [0.15, 0.2) is 36.4 Å². The van der Waals surface area contributed by atoms with E-state index in [0.29, 0.717) is 22.6 Å². The number of hydrogen-bond acceptors (Lipinski definition) is 4. The van der Waals surface area contributed by atoms with Crippen LogP contribution in [0.4, 0.5) is 0 Å². The van der Waals surface area contributed by atoms with Crippen molar-refractivity contribution in [2.24, 2.45) is 0 Å². The Bertz CT molecular complexity index is 816. The van der Waals surface area contributed by atoms with Gasteiger partial charge in [-0.25, -0.2) is 0 Å². The van der Waals surface area contributed by atoms with E-state index in [0.717, 1.165) is 11.1 Å². The van der Waals surface area contributed by atoms with Crippen molar-refractivity contribution in [3.05, 3.63) is 58.7 Å². The van der Waals surface area contributed by atoms with Crippen LogP contribution in [0.3, 0.4) is 0 Å². The number of rotatable bonds is 7. The largest absolute Gasteiger partial charge is 0.493 e. The summed E-state index contributed by atoms with van der Waals surface area (Å²) in [7, 11) is 3.02. The van der Waals surface area contributed by atoms with Gasteiger partial charge in [0.1, 0.15) is 0 Å². The van der Waals surface area contributed by atoms with Crippen LogP contribution in [0.5, 0.6) is 11.5 Å². The van der Waals surface area contributed by atoms with Gasteiger partial charge in [-0.1, -0.05) is 23.8 Å². The van der Waals surface area contributed by atoms with E-state index in [1.807, 2.05) is 26.0 Å². The minimum absolute atomic E-state index is 0.244. The zero-order valence-corrected chi connectivity index (χ0v) is 15.3. The number of carboxylic acids is 1. The second kappa shape index (κ2) is 8.38. The van der Waals surface area contributed by atoms with E-state index in [-0.39, 0.29) is 12.3 Å². The van der Waals surface area contributed by atoms with Gasteiger partial charge in [-0.05, 0) is 43.2 Å². The second-order valence-corrected chi connectivity index (χ2v) is 6.06. The van der Waals surface area contributed by atoms with Crippen molar-refractivity contribution in [2.45, 2.75) is 26.3 Å². The predicted octanol–water partition coefficient (Wildman–Crippen LogP) is 3.27. The third-order valence-corrected chi connectivity index (χ3v) is 4.13. The Hall–Kier alpha value is -3.02. The fraction of sp³-hybridized carbons (Fsp3) is 0.300. The van der Waals surface area contributed by atoms with Gasteiger partial charge in [-0.2, -0.15) is 0 Å². The highest BCUT2D eigenvalue weighted by molar-refractivity contribution is 5.96. The first-order valence-electron chi connectivity index (χ1n) is 8.17. The Balaban J connectivity index is 2.34. The van der Waals surface area contributed by atoms with Crippen LogP contribution in [0, 0.1) is 13.8 Å². The number of benzene rings is 2. The van der Waals surface area contributed by atoms with E-state index < -0.39 is 12.0 Å². The van der Waals surface area contributed by atoms with E-state index in [2.05, 4.69) is 5.32 Å². The van der Waals surface area contributed by atoms with Crippen LogP contribution < -0.4 is 14.8 Å². The molecule has 2 aromatic carbocycles. The van der Waals surface area contributed by atoms with E-state index in [1.165, 1.54) is 14.2 Å². The van der Waals surface area contributed by atoms with Crippen LogP contribution in [0.1, 0.15) is 39.5 Å². The molecule has 0 aliphatic carbocycles. The molecule has 2 rings (SSSR count). The fourth-order valence-corrected chi connectivity index (χ4v) is 2.71. The van der Waals surface area contributed by atoms with Crippen molar-refractivity contribution in [1.29, 1.82) is 0 Å². The smallest absolute Gasteiger partial charge is 0.305 e. The highest BCUT2D eigenvalue weighted by Gasteiger charge is 2.21. The van der Waals surface area contributed by atoms with Gasteiger partial charge in [-0.3, -0.25) is 9.59 Å². The molecule has 6 nitrogen and oxygen atoms in total. The number of carbonyl (C=O) groups is 2. The van der Waals surface area contributed by atoms with E-state index >= 15 is 0 Å². The zero-order valence-electron chi connectivity index (χ0n) is 15.3. The molecule has 1 atom stereocenters. The molecule has 0 radical (unpaired) electrons. The van der Waals surface area contributed by atoms with Crippen molar-refractivity contribution in [1.82, 2.24) is 5.32 Å². The lowest BCUT2D eigenvalue weighted by Crippen LogP contribution is -2.30. The highest BCUT2D eigenvalue weighted by Crippen LogP contribution is 2.31. The third-order valence-electron chi connectivity index (χ3n) is 4.13. The number of nitrogens with one attached hydrogen (secondary N) is 1. The van der Waals surface area contributed by atoms with Crippen molar-refractivity contribution < 1.29 is 24.2 Å². The summed E-state index contributed by atoms with van der Waals surface area (Å²) in [5.74, 6) is -0.314. The number of methoxy groups -OCH3 is 2. The molecular formula is C20H23NO5. The molecule has 0 aromatic heterocycles. The molecule has 2 aromatic rings. The monoisotopic (exact) mass is 357 g/mol. The van der Waals surface area contributed by atoms with Gasteiger partial charge in [0.15, 0.2) is 11.5 Å². The van der Waals surface area contributed by atoms with Crippen molar-refractivity contribution in [2.75, 3.05) is 14.2 Å². The Morgan fingerprint density at radius 2 is 1.73 bits per heavy atom. The normalized spacial score (nSPS) is 11.5. The van der Waals surface area contributed by atoms with Crippen LogP contribution in [-0.4, -0.2) is 31.2 Å². The first-order valence-corrected chi connectivity index (χ1v) is 8.17. The van der Waals surface area contributed by atoms with Crippen molar-refractivity contribution >= 4 is 11.9 Å². The minimum atomic E-state index is -1.01. The molecule has 0 fully saturated rings. The summed E-state index contributed by atoms with van der Waals surface area (Å²) in [6.45, 7) is 3.75. The molecular weight excluding hydrogens is 334 g/mol. The molecule has 0 saturated carbocycles. The van der Waals surface area contributed by atoms with Crippen LogP contribution >= 0.6 is 0 Å². The number of ether oxygens (including phenoxy) is 2. The maximum absolute atomic E-state index is 12.7. The predicted molar refractivity (Wildman–Crippen MR) is 97.9 cm³/mol. The lowest BCUT2D eigenvalue weighted by molar-refractivity contribution is -0.137. The Morgan fingerprint density at radius 1 is 1.04 bits per heavy atom. The summed E-state index contributed by atoms with van der Waals surface area (Å²) >= 11 is 0. The number of carboxylic acid groups (broad SMARTS) is 1. The molecule has 2 N–H and O–H groups in total. The standard InChI is InChI=1S/C20H23NO5/c1-12-5-6-13(2)15(9-12)20(24)21-16(11-19(22)23)14-7-8-17(25-3)18(10-14)26-4/h5-10,16H,11H2,1-4H3,(H,21,24)(H,22,23). The molecule has 1 unspecified atom stereocenters. The first kappa shape index (κ1) is 19.3. The van der Waals surface area contributed by atoms with Crippen molar-refractivity contribution in [3.63, 3.8) is 0 Å². The lowest BCUT2D eigenvalue weighted by Gasteiger charge is -2.20. The molecule has 6 heteroatoms.